The molecule has 1 aromatic rings. The average molecular weight is 270 g/mol. The highest BCUT2D eigenvalue weighted by atomic mass is 127. The first-order chi connectivity index (χ1) is 5.11. The van der Waals surface area contributed by atoms with Gasteiger partial charge >= 0.3 is 0 Å². The van der Waals surface area contributed by atoms with Gasteiger partial charge in [0.2, 0.25) is 5.69 Å². The van der Waals surface area contributed by atoms with Crippen LogP contribution in [0.1, 0.15) is 5.56 Å². The Hall–Kier alpha value is -0.230. The molecule has 0 aliphatic carbocycles. The van der Waals surface area contributed by atoms with E-state index in [1.807, 2.05) is 0 Å². The number of hydrogen-bond donors (Lipinski definition) is 1. The summed E-state index contributed by atoms with van der Waals surface area (Å²) in [7, 11) is 0. The molecule has 60 valence electrons. The second-order valence-corrected chi connectivity index (χ2v) is 3.47. The van der Waals surface area contributed by atoms with Crippen molar-refractivity contribution in [1.82, 2.24) is 0 Å². The minimum Gasteiger partial charge on any atom is -0.0443 e. The fraction of sp³-hybridized carbons (Fsp3) is 0.143. The summed E-state index contributed by atoms with van der Waals surface area (Å²) in [6.07, 6.45) is 0. The molecule has 0 aromatic heterocycles. The van der Waals surface area contributed by atoms with Crippen LogP contribution in [0.3, 0.4) is 0 Å². The van der Waals surface area contributed by atoms with Gasteiger partial charge in [-0.1, -0.05) is 0 Å². The van der Waals surface area contributed by atoms with Crippen LogP contribution in [0.5, 0.6) is 0 Å². The largest absolute Gasteiger partial charge is 0.213 e. The van der Waals surface area contributed by atoms with Crippen LogP contribution in [-0.4, -0.2) is 0 Å². The standard InChI is InChI=1S/C7H6F2IN/c1-5-4-6(10)2-3-7(5)11(8)9/h2-4H,1H3/p+1. The van der Waals surface area contributed by atoms with Crippen LogP contribution in [0, 0.1) is 10.5 Å². The molecule has 0 saturated carbocycles. The van der Waals surface area contributed by atoms with Crippen molar-refractivity contribution in [3.8, 4) is 0 Å². The van der Waals surface area contributed by atoms with Crippen LogP contribution in [-0.2, 0) is 0 Å². The molecule has 11 heavy (non-hydrogen) atoms. The van der Waals surface area contributed by atoms with Crippen molar-refractivity contribution < 1.29 is 14.3 Å². The van der Waals surface area contributed by atoms with E-state index in [9.17, 15) is 8.96 Å². The molecule has 0 amide bonds. The third-order valence-corrected chi connectivity index (χ3v) is 2.06. The highest BCUT2D eigenvalue weighted by Crippen LogP contribution is 2.14. The third-order valence-electron chi connectivity index (χ3n) is 1.39. The molecule has 0 bridgehead atoms. The predicted octanol–water partition coefficient (Wildman–Crippen LogP) is 1.89. The molecule has 0 atom stereocenters. The van der Waals surface area contributed by atoms with Crippen LogP contribution in [0.2, 0.25) is 0 Å². The molecule has 1 nitrogen and oxygen atoms in total. The van der Waals surface area contributed by atoms with Gasteiger partial charge in [0.05, 0.1) is 5.34 Å². The fourth-order valence-corrected chi connectivity index (χ4v) is 1.49. The van der Waals surface area contributed by atoms with Gasteiger partial charge in [-0.05, 0) is 41.6 Å². The lowest BCUT2D eigenvalue weighted by Crippen LogP contribution is -2.90. The maximum absolute atomic E-state index is 12.1. The number of nitrogens with one attached hydrogen (secondary N) is 1. The zero-order valence-corrected chi connectivity index (χ0v) is 8.02. The van der Waals surface area contributed by atoms with Gasteiger partial charge in [-0.2, -0.15) is 0 Å². The zero-order chi connectivity index (χ0) is 8.43. The van der Waals surface area contributed by atoms with Gasteiger partial charge in [0, 0.05) is 24.2 Å². The maximum Gasteiger partial charge on any atom is 0.213 e. The number of rotatable bonds is 1. The Labute approximate surface area is 77.0 Å². The van der Waals surface area contributed by atoms with E-state index >= 15 is 0 Å². The summed E-state index contributed by atoms with van der Waals surface area (Å²) in [5, 5.41) is -1.61. The van der Waals surface area contributed by atoms with Crippen molar-refractivity contribution in [3.63, 3.8) is 0 Å². The summed E-state index contributed by atoms with van der Waals surface area (Å²) in [5.41, 5.74) is 0.669. The minimum atomic E-state index is -1.61. The first-order valence-corrected chi connectivity index (χ1v) is 4.13. The summed E-state index contributed by atoms with van der Waals surface area (Å²) >= 11 is 2.09. The molecule has 1 N–H and O–H groups in total. The second-order valence-electron chi connectivity index (χ2n) is 2.22. The molecule has 0 aliphatic heterocycles. The Balaban J connectivity index is 3.09. The van der Waals surface area contributed by atoms with Gasteiger partial charge in [0.15, 0.2) is 0 Å². The van der Waals surface area contributed by atoms with E-state index in [0.717, 1.165) is 3.57 Å². The molecule has 0 radical (unpaired) electrons. The quantitative estimate of drug-likeness (QED) is 0.587. The van der Waals surface area contributed by atoms with E-state index in [1.54, 1.807) is 19.1 Å². The van der Waals surface area contributed by atoms with Crippen LogP contribution < -0.4 is 5.34 Å². The number of hydrogen-bond acceptors (Lipinski definition) is 0. The van der Waals surface area contributed by atoms with Crippen molar-refractivity contribution in [2.75, 3.05) is 0 Å². The highest BCUT2D eigenvalue weighted by molar-refractivity contribution is 14.1. The van der Waals surface area contributed by atoms with Crippen molar-refractivity contribution >= 4 is 28.3 Å². The first-order valence-electron chi connectivity index (χ1n) is 3.05. The van der Waals surface area contributed by atoms with E-state index in [2.05, 4.69) is 22.6 Å². The lowest BCUT2D eigenvalue weighted by atomic mass is 10.2. The van der Waals surface area contributed by atoms with Gasteiger partial charge in [-0.25, -0.2) is 0 Å². The molecule has 0 heterocycles. The smallest absolute Gasteiger partial charge is 0.0443 e. The highest BCUT2D eigenvalue weighted by Gasteiger charge is 2.13. The summed E-state index contributed by atoms with van der Waals surface area (Å²) in [6.45, 7) is 1.68. The lowest BCUT2D eigenvalue weighted by Gasteiger charge is -1.98. The number of benzene rings is 1. The topological polar surface area (TPSA) is 4.44 Å². The van der Waals surface area contributed by atoms with E-state index in [-0.39, 0.29) is 5.69 Å². The number of aryl methyl sites for hydroxylation is 1. The van der Waals surface area contributed by atoms with Gasteiger partial charge in [0.25, 0.3) is 0 Å². The normalized spacial score (nSPS) is 10.6. The van der Waals surface area contributed by atoms with Crippen LogP contribution in [0.25, 0.3) is 0 Å². The molecule has 0 spiro atoms. The predicted molar refractivity (Wildman–Crippen MR) is 46.7 cm³/mol. The molecular formula is C7H7F2IN+. The van der Waals surface area contributed by atoms with Crippen molar-refractivity contribution in [1.29, 1.82) is 0 Å². The van der Waals surface area contributed by atoms with Crippen molar-refractivity contribution in [3.05, 3.63) is 27.3 Å². The molecule has 1 rings (SSSR count). The van der Waals surface area contributed by atoms with E-state index in [1.165, 1.54) is 6.07 Å². The van der Waals surface area contributed by atoms with Crippen LogP contribution in [0.4, 0.5) is 14.6 Å². The molecular weight excluding hydrogens is 263 g/mol. The Kier molecular flexibility index (Phi) is 2.78. The molecule has 0 unspecified atom stereocenters. The van der Waals surface area contributed by atoms with Gasteiger partial charge in [-0.15, -0.1) is 0 Å². The summed E-state index contributed by atoms with van der Waals surface area (Å²) in [6, 6.07) is 4.84. The maximum atomic E-state index is 12.1. The van der Waals surface area contributed by atoms with Crippen LogP contribution >= 0.6 is 22.6 Å². The van der Waals surface area contributed by atoms with E-state index in [0.29, 0.717) is 5.56 Å². The average Bonchev–Trinajstić information content (AvgIpc) is 1.85. The molecule has 4 heteroatoms. The summed E-state index contributed by atoms with van der Waals surface area (Å²) in [5.74, 6) is 0. The van der Waals surface area contributed by atoms with Crippen molar-refractivity contribution in [2.45, 2.75) is 6.92 Å². The van der Waals surface area contributed by atoms with Gasteiger partial charge in [-0.3, -0.25) is 0 Å². The van der Waals surface area contributed by atoms with E-state index in [4.69, 9.17) is 0 Å². The second kappa shape index (κ2) is 3.44. The zero-order valence-electron chi connectivity index (χ0n) is 5.87. The molecule has 0 fully saturated rings. The number of quaternary nitrogens is 1. The Morgan fingerprint density at radius 1 is 1.36 bits per heavy atom. The van der Waals surface area contributed by atoms with Crippen LogP contribution in [0.15, 0.2) is 18.2 Å². The summed E-state index contributed by atoms with van der Waals surface area (Å²) < 4.78 is 25.1. The van der Waals surface area contributed by atoms with Gasteiger partial charge < -0.3 is 0 Å². The molecule has 0 aliphatic rings. The first kappa shape index (κ1) is 8.86. The minimum absolute atomic E-state index is 0.0467. The van der Waals surface area contributed by atoms with E-state index < -0.39 is 5.34 Å². The molecule has 1 aromatic carbocycles. The summed E-state index contributed by atoms with van der Waals surface area (Å²) in [4.78, 5) is 0. The fourth-order valence-electron chi connectivity index (χ4n) is 0.839. The Morgan fingerprint density at radius 3 is 2.45 bits per heavy atom. The molecule has 0 saturated heterocycles. The SMILES string of the molecule is Cc1cc(I)ccc1[NH+](F)F. The van der Waals surface area contributed by atoms with Gasteiger partial charge in [0.1, 0.15) is 0 Å². The Bertz CT molecular complexity index is 263. The third kappa shape index (κ3) is 2.10. The number of halogens is 3. The lowest BCUT2D eigenvalue weighted by molar-refractivity contribution is -1.11. The van der Waals surface area contributed by atoms with Crippen molar-refractivity contribution in [2.24, 2.45) is 0 Å². The monoisotopic (exact) mass is 270 g/mol. The Morgan fingerprint density at radius 2 is 2.00 bits per heavy atom.